The number of methoxy groups -OCH3 is 1. The Hall–Kier alpha value is -1.63. The van der Waals surface area contributed by atoms with Gasteiger partial charge in [0.15, 0.2) is 0 Å². The molecule has 4 N–H and O–H groups in total. The third kappa shape index (κ3) is 6.52. The number of hydrogen-bond acceptors (Lipinski definition) is 4. The Labute approximate surface area is 99.3 Å². The molecular formula is C10H18N2O5. The van der Waals surface area contributed by atoms with Crippen molar-refractivity contribution in [3.63, 3.8) is 0 Å². The van der Waals surface area contributed by atoms with E-state index in [1.165, 1.54) is 7.11 Å². The van der Waals surface area contributed by atoms with E-state index in [9.17, 15) is 14.4 Å². The molecule has 0 saturated carbocycles. The summed E-state index contributed by atoms with van der Waals surface area (Å²) in [4.78, 5) is 32.9. The molecule has 0 bridgehead atoms. The van der Waals surface area contributed by atoms with E-state index in [0.29, 0.717) is 0 Å². The minimum Gasteiger partial charge on any atom is -0.480 e. The van der Waals surface area contributed by atoms with Crippen LogP contribution < -0.4 is 11.1 Å². The number of carbonyl (C=O) groups is 3. The predicted molar refractivity (Wildman–Crippen MR) is 59.1 cm³/mol. The smallest absolute Gasteiger partial charge is 0.326 e. The molecule has 0 radical (unpaired) electrons. The standard InChI is InChI=1S/C10H18N2O5/c1-10(2,17-3)5-8(14)12-6(9(15)16)4-7(11)13/h6H,4-5H2,1-3H3,(H2,11,13)(H,12,14)(H,15,16)/t6-/m1/s1. The molecular weight excluding hydrogens is 228 g/mol. The lowest BCUT2D eigenvalue weighted by molar-refractivity contribution is -0.144. The Morgan fingerprint density at radius 2 is 1.94 bits per heavy atom. The highest BCUT2D eigenvalue weighted by atomic mass is 16.5. The Morgan fingerprint density at radius 3 is 2.29 bits per heavy atom. The summed E-state index contributed by atoms with van der Waals surface area (Å²) in [5.74, 6) is -2.60. The molecule has 7 heteroatoms. The number of carboxylic acid groups (broad SMARTS) is 1. The molecule has 0 aromatic carbocycles. The number of hydrogen-bond donors (Lipinski definition) is 3. The Morgan fingerprint density at radius 1 is 1.41 bits per heavy atom. The number of aliphatic carboxylic acids is 1. The number of carbonyl (C=O) groups excluding carboxylic acids is 2. The van der Waals surface area contributed by atoms with Crippen molar-refractivity contribution >= 4 is 17.8 Å². The normalized spacial score (nSPS) is 12.9. The fourth-order valence-corrected chi connectivity index (χ4v) is 1.11. The molecule has 17 heavy (non-hydrogen) atoms. The van der Waals surface area contributed by atoms with Crippen molar-refractivity contribution in [3.8, 4) is 0 Å². The Kier molecular flexibility index (Phi) is 5.60. The zero-order valence-corrected chi connectivity index (χ0v) is 10.1. The first-order valence-corrected chi connectivity index (χ1v) is 5.03. The van der Waals surface area contributed by atoms with E-state index in [2.05, 4.69) is 5.32 Å². The molecule has 0 fully saturated rings. The summed E-state index contributed by atoms with van der Waals surface area (Å²) in [6, 6.07) is -1.30. The molecule has 0 saturated heterocycles. The molecule has 0 aliphatic rings. The number of amides is 2. The largest absolute Gasteiger partial charge is 0.480 e. The van der Waals surface area contributed by atoms with Crippen LogP contribution in [0.25, 0.3) is 0 Å². The van der Waals surface area contributed by atoms with Crippen molar-refractivity contribution in [3.05, 3.63) is 0 Å². The maximum atomic E-state index is 11.5. The lowest BCUT2D eigenvalue weighted by Crippen LogP contribution is -2.45. The molecule has 0 aromatic heterocycles. The zero-order valence-electron chi connectivity index (χ0n) is 10.1. The van der Waals surface area contributed by atoms with Crippen molar-refractivity contribution in [1.82, 2.24) is 5.32 Å². The molecule has 0 spiro atoms. The summed E-state index contributed by atoms with van der Waals surface area (Å²) in [6.07, 6.45) is -0.444. The summed E-state index contributed by atoms with van der Waals surface area (Å²) in [5.41, 5.74) is 4.19. The van der Waals surface area contributed by atoms with Gasteiger partial charge in [0.05, 0.1) is 18.4 Å². The number of nitrogens with two attached hydrogens (primary N) is 1. The van der Waals surface area contributed by atoms with E-state index in [4.69, 9.17) is 15.6 Å². The van der Waals surface area contributed by atoms with Gasteiger partial charge in [-0.2, -0.15) is 0 Å². The first kappa shape index (κ1) is 15.4. The summed E-state index contributed by atoms with van der Waals surface area (Å²) < 4.78 is 5.03. The second-order valence-electron chi connectivity index (χ2n) is 4.27. The average Bonchev–Trinajstić information content (AvgIpc) is 2.15. The fraction of sp³-hybridized carbons (Fsp3) is 0.700. The monoisotopic (exact) mass is 246 g/mol. The van der Waals surface area contributed by atoms with Crippen LogP contribution in [0, 0.1) is 0 Å². The Balaban J connectivity index is 4.41. The van der Waals surface area contributed by atoms with Crippen LogP contribution >= 0.6 is 0 Å². The van der Waals surface area contributed by atoms with Crippen molar-refractivity contribution < 1.29 is 24.2 Å². The minimum atomic E-state index is -1.30. The lowest BCUT2D eigenvalue weighted by Gasteiger charge is -2.23. The third-order valence-electron chi connectivity index (χ3n) is 2.18. The molecule has 0 aliphatic heterocycles. The summed E-state index contributed by atoms with van der Waals surface area (Å²) in [5, 5.41) is 11.0. The van der Waals surface area contributed by atoms with Crippen LogP contribution in [-0.2, 0) is 19.1 Å². The van der Waals surface area contributed by atoms with Gasteiger partial charge in [-0.15, -0.1) is 0 Å². The van der Waals surface area contributed by atoms with Crippen LogP contribution in [0.3, 0.4) is 0 Å². The van der Waals surface area contributed by atoms with E-state index in [1.807, 2.05) is 0 Å². The number of ether oxygens (including phenoxy) is 1. The minimum absolute atomic E-state index is 0.00789. The molecule has 0 heterocycles. The van der Waals surface area contributed by atoms with Gasteiger partial charge in [0.2, 0.25) is 11.8 Å². The van der Waals surface area contributed by atoms with Gasteiger partial charge in [-0.05, 0) is 13.8 Å². The highest BCUT2D eigenvalue weighted by Crippen LogP contribution is 2.12. The number of nitrogens with one attached hydrogen (secondary N) is 1. The molecule has 1 atom stereocenters. The van der Waals surface area contributed by atoms with Crippen LogP contribution in [0.15, 0.2) is 0 Å². The molecule has 0 aliphatic carbocycles. The van der Waals surface area contributed by atoms with Crippen LogP contribution in [0.1, 0.15) is 26.7 Å². The van der Waals surface area contributed by atoms with Crippen LogP contribution in [0.4, 0.5) is 0 Å². The van der Waals surface area contributed by atoms with Gasteiger partial charge in [-0.3, -0.25) is 9.59 Å². The highest BCUT2D eigenvalue weighted by Gasteiger charge is 2.26. The lowest BCUT2D eigenvalue weighted by atomic mass is 10.0. The van der Waals surface area contributed by atoms with Crippen LogP contribution in [-0.4, -0.2) is 41.6 Å². The maximum absolute atomic E-state index is 11.5. The van der Waals surface area contributed by atoms with E-state index in [-0.39, 0.29) is 6.42 Å². The molecule has 0 aromatic rings. The van der Waals surface area contributed by atoms with Crippen molar-refractivity contribution in [1.29, 1.82) is 0 Å². The molecule has 7 nitrogen and oxygen atoms in total. The van der Waals surface area contributed by atoms with Gasteiger partial charge in [0.25, 0.3) is 0 Å². The number of rotatable bonds is 7. The zero-order chi connectivity index (χ0) is 13.6. The second kappa shape index (κ2) is 6.19. The third-order valence-corrected chi connectivity index (χ3v) is 2.18. The van der Waals surface area contributed by atoms with Gasteiger partial charge >= 0.3 is 5.97 Å². The molecule has 98 valence electrons. The maximum Gasteiger partial charge on any atom is 0.326 e. The topological polar surface area (TPSA) is 119 Å². The molecule has 0 unspecified atom stereocenters. The van der Waals surface area contributed by atoms with Gasteiger partial charge < -0.3 is 20.9 Å². The average molecular weight is 246 g/mol. The van der Waals surface area contributed by atoms with Crippen molar-refractivity contribution in [2.24, 2.45) is 5.73 Å². The van der Waals surface area contributed by atoms with Gasteiger partial charge in [0, 0.05) is 7.11 Å². The molecule has 0 rings (SSSR count). The SMILES string of the molecule is COC(C)(C)CC(=O)N[C@H](CC(N)=O)C(=O)O. The fourth-order valence-electron chi connectivity index (χ4n) is 1.11. The number of carboxylic acids is 1. The van der Waals surface area contributed by atoms with Crippen molar-refractivity contribution in [2.45, 2.75) is 38.3 Å². The van der Waals surface area contributed by atoms with E-state index < -0.39 is 35.8 Å². The van der Waals surface area contributed by atoms with Gasteiger partial charge in [-0.1, -0.05) is 0 Å². The van der Waals surface area contributed by atoms with E-state index >= 15 is 0 Å². The van der Waals surface area contributed by atoms with Crippen LogP contribution in [0.2, 0.25) is 0 Å². The highest BCUT2D eigenvalue weighted by molar-refractivity contribution is 5.88. The summed E-state index contributed by atoms with van der Waals surface area (Å²) in [7, 11) is 1.45. The number of primary amides is 1. The van der Waals surface area contributed by atoms with Crippen molar-refractivity contribution in [2.75, 3.05) is 7.11 Å². The predicted octanol–water partition coefficient (Wildman–Crippen LogP) is -0.754. The van der Waals surface area contributed by atoms with Gasteiger partial charge in [-0.25, -0.2) is 4.79 Å². The second-order valence-corrected chi connectivity index (χ2v) is 4.27. The molecule has 2 amide bonds. The summed E-state index contributed by atoms with van der Waals surface area (Å²) in [6.45, 7) is 3.38. The quantitative estimate of drug-likeness (QED) is 0.546. The van der Waals surface area contributed by atoms with E-state index in [0.717, 1.165) is 0 Å². The first-order valence-electron chi connectivity index (χ1n) is 5.03. The van der Waals surface area contributed by atoms with Gasteiger partial charge in [0.1, 0.15) is 6.04 Å². The Bertz CT molecular complexity index is 314. The summed E-state index contributed by atoms with van der Waals surface area (Å²) >= 11 is 0. The van der Waals surface area contributed by atoms with E-state index in [1.54, 1.807) is 13.8 Å². The first-order chi connectivity index (χ1) is 7.68. The van der Waals surface area contributed by atoms with Crippen LogP contribution in [0.5, 0.6) is 0 Å².